The van der Waals surface area contributed by atoms with Crippen molar-refractivity contribution < 1.29 is 17.9 Å². The molecule has 2 aromatic heterocycles. The Morgan fingerprint density at radius 3 is 2.50 bits per heavy atom. The molecule has 0 spiro atoms. The lowest BCUT2D eigenvalue weighted by Gasteiger charge is -2.10. The number of carbonyl (C=O) groups excluding carboxylic acids is 1. The second kappa shape index (κ2) is 7.43. The molecule has 11 heteroatoms. The Morgan fingerprint density at radius 2 is 1.89 bits per heavy atom. The van der Waals surface area contributed by atoms with Gasteiger partial charge in [-0.2, -0.15) is 9.50 Å². The van der Waals surface area contributed by atoms with E-state index in [1.54, 1.807) is 6.92 Å². The second-order valence-corrected chi connectivity index (χ2v) is 7.57. The van der Waals surface area contributed by atoms with E-state index in [0.29, 0.717) is 12.2 Å². The molecule has 0 amide bonds. The first-order valence-corrected chi connectivity index (χ1v) is 10.0. The average Bonchev–Trinajstić information content (AvgIpc) is 3.08. The van der Waals surface area contributed by atoms with Crippen molar-refractivity contribution in [3.05, 3.63) is 51.7 Å². The van der Waals surface area contributed by atoms with Crippen LogP contribution < -0.4 is 10.3 Å². The van der Waals surface area contributed by atoms with Crippen LogP contribution in [0.4, 0.5) is 5.69 Å². The minimum Gasteiger partial charge on any atom is -0.462 e. The lowest BCUT2D eigenvalue weighted by Crippen LogP contribution is -2.25. The molecule has 10 nitrogen and oxygen atoms in total. The zero-order valence-electron chi connectivity index (χ0n) is 15.5. The summed E-state index contributed by atoms with van der Waals surface area (Å²) >= 11 is 0. The predicted octanol–water partition coefficient (Wildman–Crippen LogP) is 1.27. The van der Waals surface area contributed by atoms with E-state index in [1.807, 2.05) is 6.92 Å². The van der Waals surface area contributed by atoms with Crippen LogP contribution >= 0.6 is 0 Å². The summed E-state index contributed by atoms with van der Waals surface area (Å²) in [4.78, 5) is 32.6. The summed E-state index contributed by atoms with van der Waals surface area (Å²) in [5.41, 5.74) is -0.366. The van der Waals surface area contributed by atoms with E-state index in [4.69, 9.17) is 4.74 Å². The van der Waals surface area contributed by atoms with Crippen LogP contribution in [0.15, 0.2) is 34.0 Å². The van der Waals surface area contributed by atoms with Crippen molar-refractivity contribution in [1.82, 2.24) is 19.6 Å². The van der Waals surface area contributed by atoms with Gasteiger partial charge in [-0.25, -0.2) is 18.2 Å². The standard InChI is InChI=1S/C17H19N5O5S/c1-4-13-19-17-18-10(3)14(15(23)22(17)20-13)21-28(25,26)12-8-6-11(7-9-12)16(24)27-5-2/h6-9,21H,4-5H2,1-3H3,(H,18,19,20). The van der Waals surface area contributed by atoms with Crippen molar-refractivity contribution in [3.63, 3.8) is 0 Å². The molecule has 0 aliphatic carbocycles. The first-order chi connectivity index (χ1) is 13.3. The maximum Gasteiger partial charge on any atom is 0.338 e. The van der Waals surface area contributed by atoms with Crippen molar-refractivity contribution >= 4 is 27.5 Å². The number of benzene rings is 1. The van der Waals surface area contributed by atoms with E-state index < -0.39 is 21.6 Å². The fourth-order valence-electron chi connectivity index (χ4n) is 2.52. The van der Waals surface area contributed by atoms with Crippen LogP contribution in [0.1, 0.15) is 35.7 Å². The highest BCUT2D eigenvalue weighted by Crippen LogP contribution is 2.17. The van der Waals surface area contributed by atoms with Gasteiger partial charge in [0.1, 0.15) is 11.5 Å². The van der Waals surface area contributed by atoms with Gasteiger partial charge in [-0.05, 0) is 38.1 Å². The van der Waals surface area contributed by atoms with Gasteiger partial charge in [-0.3, -0.25) is 14.6 Å². The van der Waals surface area contributed by atoms with Crippen molar-refractivity contribution in [1.29, 1.82) is 0 Å². The topological polar surface area (TPSA) is 136 Å². The number of nitrogens with zero attached hydrogens (tertiary/aromatic N) is 3. The molecule has 0 saturated carbocycles. The van der Waals surface area contributed by atoms with Gasteiger partial charge in [0.2, 0.25) is 0 Å². The number of esters is 1. The molecule has 2 N–H and O–H groups in total. The number of carbonyl (C=O) groups is 1. The van der Waals surface area contributed by atoms with Crippen molar-refractivity contribution in [3.8, 4) is 0 Å². The summed E-state index contributed by atoms with van der Waals surface area (Å²) in [6.07, 6.45) is 0.565. The monoisotopic (exact) mass is 405 g/mol. The summed E-state index contributed by atoms with van der Waals surface area (Å²) in [7, 11) is -4.07. The van der Waals surface area contributed by atoms with E-state index in [2.05, 4.69) is 19.8 Å². The maximum absolute atomic E-state index is 12.7. The molecule has 3 rings (SSSR count). The highest BCUT2D eigenvalue weighted by Gasteiger charge is 2.21. The quantitative estimate of drug-likeness (QED) is 0.589. The summed E-state index contributed by atoms with van der Waals surface area (Å²) in [5.74, 6) is 0.175. The molecule has 0 aliphatic heterocycles. The molecule has 3 aromatic rings. The molecule has 28 heavy (non-hydrogen) atoms. The minimum absolute atomic E-state index is 0.108. The fourth-order valence-corrected chi connectivity index (χ4v) is 3.63. The lowest BCUT2D eigenvalue weighted by atomic mass is 10.2. The molecular weight excluding hydrogens is 386 g/mol. The average molecular weight is 405 g/mol. The molecular formula is C17H19N5O5S. The normalized spacial score (nSPS) is 11.5. The summed E-state index contributed by atoms with van der Waals surface area (Å²) in [5, 5.41) is 2.78. The number of aromatic amines is 1. The molecule has 0 radical (unpaired) electrons. The molecule has 1 aromatic carbocycles. The van der Waals surface area contributed by atoms with Crippen molar-refractivity contribution in [2.45, 2.75) is 32.1 Å². The van der Waals surface area contributed by atoms with Crippen LogP contribution in [-0.4, -0.2) is 40.6 Å². The summed E-state index contributed by atoms with van der Waals surface area (Å²) < 4.78 is 33.6. The van der Waals surface area contributed by atoms with Crippen molar-refractivity contribution in [2.24, 2.45) is 0 Å². The Bertz CT molecular complexity index is 1200. The van der Waals surface area contributed by atoms with E-state index >= 15 is 0 Å². The van der Waals surface area contributed by atoms with Gasteiger partial charge in [0.15, 0.2) is 0 Å². The molecule has 0 bridgehead atoms. The van der Waals surface area contributed by atoms with Crippen LogP contribution in [0.3, 0.4) is 0 Å². The van der Waals surface area contributed by atoms with Gasteiger partial charge in [-0.15, -0.1) is 0 Å². The number of anilines is 1. The van der Waals surface area contributed by atoms with Gasteiger partial charge >= 0.3 is 5.97 Å². The number of sulfonamides is 1. The molecule has 2 heterocycles. The third kappa shape index (κ3) is 3.60. The second-order valence-electron chi connectivity index (χ2n) is 5.89. The van der Waals surface area contributed by atoms with E-state index in [1.165, 1.54) is 31.2 Å². The van der Waals surface area contributed by atoms with Crippen LogP contribution in [0.5, 0.6) is 0 Å². The number of aromatic nitrogens is 4. The number of fused-ring (bicyclic) bond motifs is 1. The van der Waals surface area contributed by atoms with Gasteiger partial charge in [0, 0.05) is 6.42 Å². The highest BCUT2D eigenvalue weighted by atomic mass is 32.2. The zero-order chi connectivity index (χ0) is 20.5. The first kappa shape index (κ1) is 19.5. The van der Waals surface area contributed by atoms with E-state index in [-0.39, 0.29) is 34.2 Å². The van der Waals surface area contributed by atoms with E-state index in [9.17, 15) is 18.0 Å². The third-order valence-corrected chi connectivity index (χ3v) is 5.33. The first-order valence-electron chi connectivity index (χ1n) is 8.55. The van der Waals surface area contributed by atoms with Crippen LogP contribution in [0.25, 0.3) is 5.78 Å². The Balaban J connectivity index is 1.96. The van der Waals surface area contributed by atoms with Crippen molar-refractivity contribution in [2.75, 3.05) is 11.3 Å². The Hall–Kier alpha value is -3.21. The summed E-state index contributed by atoms with van der Waals surface area (Å²) in [6, 6.07) is 5.21. The molecule has 0 aliphatic rings. The fraction of sp³-hybridized carbons (Fsp3) is 0.294. The summed E-state index contributed by atoms with van der Waals surface area (Å²) in [6.45, 7) is 5.27. The predicted molar refractivity (Wildman–Crippen MR) is 101 cm³/mol. The number of aryl methyl sites for hydroxylation is 2. The molecule has 148 valence electrons. The lowest BCUT2D eigenvalue weighted by molar-refractivity contribution is 0.0526. The van der Waals surface area contributed by atoms with Gasteiger partial charge in [-0.1, -0.05) is 6.92 Å². The SMILES string of the molecule is CCOC(=O)c1ccc(S(=O)(=O)Nc2c(C)nc3nc(CC)[nH]n3c2=O)cc1. The zero-order valence-corrected chi connectivity index (χ0v) is 16.3. The Labute approximate surface area is 160 Å². The Kier molecular flexibility index (Phi) is 5.18. The van der Waals surface area contributed by atoms with Gasteiger partial charge in [0.05, 0.1) is 22.8 Å². The number of hydrogen-bond donors (Lipinski definition) is 2. The maximum atomic E-state index is 12.7. The van der Waals surface area contributed by atoms with E-state index in [0.717, 1.165) is 4.52 Å². The molecule has 0 atom stereocenters. The van der Waals surface area contributed by atoms with Gasteiger partial charge < -0.3 is 4.74 Å². The molecule has 0 unspecified atom stereocenters. The largest absolute Gasteiger partial charge is 0.462 e. The highest BCUT2D eigenvalue weighted by molar-refractivity contribution is 7.92. The van der Waals surface area contributed by atoms with Crippen LogP contribution in [0, 0.1) is 6.92 Å². The Morgan fingerprint density at radius 1 is 1.21 bits per heavy atom. The van der Waals surface area contributed by atoms with Gasteiger partial charge in [0.25, 0.3) is 21.4 Å². The molecule has 0 saturated heterocycles. The number of hydrogen-bond acceptors (Lipinski definition) is 7. The minimum atomic E-state index is -4.07. The molecule has 0 fully saturated rings. The smallest absolute Gasteiger partial charge is 0.338 e. The van der Waals surface area contributed by atoms with Crippen LogP contribution in [0.2, 0.25) is 0 Å². The number of H-pyrrole nitrogens is 1. The third-order valence-electron chi connectivity index (χ3n) is 3.97. The van der Waals surface area contributed by atoms with Crippen LogP contribution in [-0.2, 0) is 21.2 Å². The number of nitrogens with one attached hydrogen (secondary N) is 2. The number of ether oxygens (including phenoxy) is 1. The number of rotatable bonds is 6.